The molecule has 2 N–H and O–H groups in total. The molecule has 0 radical (unpaired) electrons. The molecule has 0 spiro atoms. The van der Waals surface area contributed by atoms with Gasteiger partial charge in [0, 0.05) is 17.6 Å². The SMILES string of the molecule is Cc1cc(C)n(Cc2ccnc(C(N)=S)c2)c(=O)n1. The van der Waals surface area contributed by atoms with Gasteiger partial charge >= 0.3 is 5.69 Å². The van der Waals surface area contributed by atoms with Crippen molar-refractivity contribution in [3.63, 3.8) is 0 Å². The Hall–Kier alpha value is -2.08. The van der Waals surface area contributed by atoms with Gasteiger partial charge in [-0.25, -0.2) is 4.79 Å². The first-order valence-electron chi connectivity index (χ1n) is 5.77. The van der Waals surface area contributed by atoms with Crippen molar-refractivity contribution in [2.45, 2.75) is 20.4 Å². The lowest BCUT2D eigenvalue weighted by Crippen LogP contribution is -2.26. The maximum absolute atomic E-state index is 11.9. The maximum atomic E-state index is 11.9. The first-order valence-corrected chi connectivity index (χ1v) is 6.18. The number of rotatable bonds is 3. The van der Waals surface area contributed by atoms with Gasteiger partial charge in [-0.3, -0.25) is 9.55 Å². The minimum absolute atomic E-state index is 0.243. The summed E-state index contributed by atoms with van der Waals surface area (Å²) in [7, 11) is 0. The van der Waals surface area contributed by atoms with E-state index >= 15 is 0 Å². The summed E-state index contributed by atoms with van der Waals surface area (Å²) in [6.07, 6.45) is 1.63. The van der Waals surface area contributed by atoms with Crippen LogP contribution in [0.3, 0.4) is 0 Å². The van der Waals surface area contributed by atoms with E-state index in [1.807, 2.05) is 19.1 Å². The molecule has 0 aliphatic heterocycles. The van der Waals surface area contributed by atoms with Crippen molar-refractivity contribution in [1.29, 1.82) is 0 Å². The number of aryl methyl sites for hydroxylation is 2. The van der Waals surface area contributed by atoms with Crippen LogP contribution in [0.25, 0.3) is 0 Å². The van der Waals surface area contributed by atoms with Crippen molar-refractivity contribution in [1.82, 2.24) is 14.5 Å². The zero-order valence-corrected chi connectivity index (χ0v) is 11.6. The van der Waals surface area contributed by atoms with Gasteiger partial charge < -0.3 is 5.73 Å². The molecule has 0 saturated carbocycles. The molecule has 2 heterocycles. The highest BCUT2D eigenvalue weighted by atomic mass is 32.1. The molecule has 19 heavy (non-hydrogen) atoms. The number of pyridine rings is 1. The first-order chi connectivity index (χ1) is 8.97. The molecule has 0 aromatic carbocycles. The van der Waals surface area contributed by atoms with E-state index in [2.05, 4.69) is 9.97 Å². The van der Waals surface area contributed by atoms with Crippen LogP contribution in [0.2, 0.25) is 0 Å². The Morgan fingerprint density at radius 2 is 2.16 bits per heavy atom. The van der Waals surface area contributed by atoms with Gasteiger partial charge in [-0.1, -0.05) is 12.2 Å². The highest BCUT2D eigenvalue weighted by molar-refractivity contribution is 7.80. The molecule has 0 aliphatic carbocycles. The van der Waals surface area contributed by atoms with Crippen LogP contribution in [0.1, 0.15) is 22.6 Å². The normalized spacial score (nSPS) is 10.4. The average Bonchev–Trinajstić information content (AvgIpc) is 2.34. The number of nitrogens with zero attached hydrogens (tertiary/aromatic N) is 3. The predicted molar refractivity (Wildman–Crippen MR) is 77.2 cm³/mol. The largest absolute Gasteiger partial charge is 0.388 e. The summed E-state index contributed by atoms with van der Waals surface area (Å²) >= 11 is 4.89. The van der Waals surface area contributed by atoms with E-state index in [1.165, 1.54) is 0 Å². The Morgan fingerprint density at radius 1 is 1.42 bits per heavy atom. The van der Waals surface area contributed by atoms with Crippen molar-refractivity contribution in [3.8, 4) is 0 Å². The molecule has 0 amide bonds. The Kier molecular flexibility index (Phi) is 3.71. The molecule has 2 aromatic heterocycles. The van der Waals surface area contributed by atoms with E-state index in [-0.39, 0.29) is 10.7 Å². The fourth-order valence-electron chi connectivity index (χ4n) is 1.86. The van der Waals surface area contributed by atoms with Crippen LogP contribution < -0.4 is 11.4 Å². The van der Waals surface area contributed by atoms with Gasteiger partial charge in [0.15, 0.2) is 0 Å². The summed E-state index contributed by atoms with van der Waals surface area (Å²) in [6.45, 7) is 4.11. The zero-order valence-electron chi connectivity index (χ0n) is 10.8. The third kappa shape index (κ3) is 3.03. The van der Waals surface area contributed by atoms with Crippen LogP contribution in [0.5, 0.6) is 0 Å². The highest BCUT2D eigenvalue weighted by Crippen LogP contribution is 2.06. The van der Waals surface area contributed by atoms with E-state index < -0.39 is 0 Å². The Balaban J connectivity index is 2.39. The molecule has 0 saturated heterocycles. The molecule has 0 bridgehead atoms. The van der Waals surface area contributed by atoms with Crippen molar-refractivity contribution in [2.24, 2.45) is 5.73 Å². The van der Waals surface area contributed by atoms with Crippen molar-refractivity contribution < 1.29 is 0 Å². The fraction of sp³-hybridized carbons (Fsp3) is 0.231. The first kappa shape index (κ1) is 13.4. The van der Waals surface area contributed by atoms with Crippen LogP contribution in [0.4, 0.5) is 0 Å². The van der Waals surface area contributed by atoms with Crippen LogP contribution in [0.15, 0.2) is 29.2 Å². The minimum atomic E-state index is -0.258. The lowest BCUT2D eigenvalue weighted by atomic mass is 10.2. The Bertz CT molecular complexity index is 693. The van der Waals surface area contributed by atoms with Gasteiger partial charge in [0.2, 0.25) is 0 Å². The fourth-order valence-corrected chi connectivity index (χ4v) is 1.97. The maximum Gasteiger partial charge on any atom is 0.348 e. The second-order valence-corrected chi connectivity index (χ2v) is 4.76. The molecule has 5 nitrogen and oxygen atoms in total. The summed E-state index contributed by atoms with van der Waals surface area (Å²) in [4.78, 5) is 20.1. The standard InChI is InChI=1S/C13H14N4OS/c1-8-5-9(2)17(13(18)16-8)7-10-3-4-15-11(6-10)12(14)19/h3-6H,7H2,1-2H3,(H2,14,19). The van der Waals surface area contributed by atoms with E-state index in [1.54, 1.807) is 23.8 Å². The molecular weight excluding hydrogens is 260 g/mol. The average molecular weight is 274 g/mol. The van der Waals surface area contributed by atoms with Crippen molar-refractivity contribution >= 4 is 17.2 Å². The number of nitrogens with two attached hydrogens (primary N) is 1. The zero-order chi connectivity index (χ0) is 14.0. The topological polar surface area (TPSA) is 73.8 Å². The number of thiocarbonyl (C=S) groups is 1. The summed E-state index contributed by atoms with van der Waals surface area (Å²) in [5.41, 5.74) is 8.34. The van der Waals surface area contributed by atoms with E-state index in [9.17, 15) is 4.79 Å². The van der Waals surface area contributed by atoms with Gasteiger partial charge in [-0.15, -0.1) is 0 Å². The molecule has 0 unspecified atom stereocenters. The molecule has 0 aliphatic rings. The second kappa shape index (κ2) is 5.27. The van der Waals surface area contributed by atoms with E-state index in [4.69, 9.17) is 18.0 Å². The smallest absolute Gasteiger partial charge is 0.348 e. The number of aromatic nitrogens is 3. The second-order valence-electron chi connectivity index (χ2n) is 4.32. The van der Waals surface area contributed by atoms with Gasteiger partial charge in [0.25, 0.3) is 0 Å². The summed E-state index contributed by atoms with van der Waals surface area (Å²) in [5, 5.41) is 0. The molecule has 2 rings (SSSR count). The van der Waals surface area contributed by atoms with Crippen LogP contribution in [-0.2, 0) is 6.54 Å². The van der Waals surface area contributed by atoms with Gasteiger partial charge in [0.05, 0.1) is 12.2 Å². The van der Waals surface area contributed by atoms with Crippen molar-refractivity contribution in [3.05, 3.63) is 57.5 Å². The minimum Gasteiger partial charge on any atom is -0.388 e. The number of hydrogen-bond acceptors (Lipinski definition) is 4. The van der Waals surface area contributed by atoms with Gasteiger partial charge in [0.1, 0.15) is 4.99 Å². The monoisotopic (exact) mass is 274 g/mol. The van der Waals surface area contributed by atoms with Gasteiger partial charge in [-0.05, 0) is 37.6 Å². The third-order valence-electron chi connectivity index (χ3n) is 2.76. The molecule has 0 fully saturated rings. The van der Waals surface area contributed by atoms with Crippen LogP contribution >= 0.6 is 12.2 Å². The lowest BCUT2D eigenvalue weighted by molar-refractivity contribution is 0.693. The molecule has 0 atom stereocenters. The predicted octanol–water partition coefficient (Wildman–Crippen LogP) is 0.938. The van der Waals surface area contributed by atoms with E-state index in [0.29, 0.717) is 12.2 Å². The lowest BCUT2D eigenvalue weighted by Gasteiger charge is -2.10. The van der Waals surface area contributed by atoms with Crippen LogP contribution in [0, 0.1) is 13.8 Å². The number of hydrogen-bond donors (Lipinski definition) is 1. The molecule has 6 heteroatoms. The molecule has 2 aromatic rings. The Morgan fingerprint density at radius 3 is 2.79 bits per heavy atom. The van der Waals surface area contributed by atoms with E-state index in [0.717, 1.165) is 17.0 Å². The highest BCUT2D eigenvalue weighted by Gasteiger charge is 2.05. The van der Waals surface area contributed by atoms with Gasteiger partial charge in [-0.2, -0.15) is 4.98 Å². The summed E-state index contributed by atoms with van der Waals surface area (Å²) in [5.74, 6) is 0. The quantitative estimate of drug-likeness (QED) is 0.843. The van der Waals surface area contributed by atoms with Crippen LogP contribution in [-0.4, -0.2) is 19.5 Å². The third-order valence-corrected chi connectivity index (χ3v) is 2.97. The molecular formula is C13H14N4OS. The molecule has 98 valence electrons. The summed E-state index contributed by atoms with van der Waals surface area (Å²) < 4.78 is 1.60. The van der Waals surface area contributed by atoms with Crippen molar-refractivity contribution in [2.75, 3.05) is 0 Å². The summed E-state index contributed by atoms with van der Waals surface area (Å²) in [6, 6.07) is 5.48. The Labute approximate surface area is 116 Å².